The monoisotopic (exact) mass is 315 g/mol. The number of primary amides is 1. The Bertz CT molecular complexity index is 588. The van der Waals surface area contributed by atoms with Crippen LogP contribution in [0.3, 0.4) is 0 Å². The molecule has 1 aromatic heterocycles. The minimum atomic E-state index is -3.79. The Balaban J connectivity index is 2.59. The smallest absolute Gasteiger partial charge is 0.321 e. The van der Waals surface area contributed by atoms with Gasteiger partial charge >= 0.3 is 5.97 Å². The van der Waals surface area contributed by atoms with E-state index in [4.69, 9.17) is 10.8 Å². The molecule has 0 bridgehead atoms. The fraction of sp³-hybridized carbons (Fsp3) is 0.417. The van der Waals surface area contributed by atoms with Crippen LogP contribution >= 0.6 is 0 Å². The van der Waals surface area contributed by atoms with Crippen molar-refractivity contribution in [1.29, 1.82) is 0 Å². The fourth-order valence-corrected chi connectivity index (χ4v) is 2.83. The van der Waals surface area contributed by atoms with Crippen molar-refractivity contribution in [2.24, 2.45) is 5.73 Å². The maximum atomic E-state index is 11.8. The van der Waals surface area contributed by atoms with E-state index in [-0.39, 0.29) is 25.0 Å². The van der Waals surface area contributed by atoms with Gasteiger partial charge in [0.25, 0.3) is 0 Å². The molecule has 9 heteroatoms. The second-order valence-corrected chi connectivity index (χ2v) is 6.28. The first-order valence-electron chi connectivity index (χ1n) is 6.21. The Kier molecular flexibility index (Phi) is 6.25. The third-order valence-electron chi connectivity index (χ3n) is 2.65. The number of aryl methyl sites for hydroxylation is 1. The molecule has 0 aliphatic heterocycles. The zero-order valence-electron chi connectivity index (χ0n) is 11.2. The van der Waals surface area contributed by atoms with Crippen LogP contribution in [0.5, 0.6) is 0 Å². The van der Waals surface area contributed by atoms with Crippen LogP contribution in [0.2, 0.25) is 0 Å². The molecule has 0 aromatic carbocycles. The van der Waals surface area contributed by atoms with Crippen LogP contribution in [-0.2, 0) is 26.0 Å². The lowest BCUT2D eigenvalue weighted by Gasteiger charge is -2.13. The summed E-state index contributed by atoms with van der Waals surface area (Å²) in [5.41, 5.74) is 5.51. The minimum Gasteiger partial charge on any atom is -0.480 e. The predicted octanol–water partition coefficient (Wildman–Crippen LogP) is -0.738. The lowest BCUT2D eigenvalue weighted by Crippen LogP contribution is -2.42. The van der Waals surface area contributed by atoms with Gasteiger partial charge in [-0.1, -0.05) is 6.07 Å². The molecule has 1 atom stereocenters. The van der Waals surface area contributed by atoms with Gasteiger partial charge in [-0.3, -0.25) is 14.6 Å². The largest absolute Gasteiger partial charge is 0.480 e. The average molecular weight is 315 g/mol. The molecule has 0 unspecified atom stereocenters. The van der Waals surface area contributed by atoms with Crippen molar-refractivity contribution in [2.75, 3.05) is 5.75 Å². The fourth-order valence-electron chi connectivity index (χ4n) is 1.58. The molecule has 0 fully saturated rings. The highest BCUT2D eigenvalue weighted by atomic mass is 32.2. The molecule has 0 aliphatic rings. The highest BCUT2D eigenvalue weighted by Gasteiger charge is 2.24. The number of amides is 1. The van der Waals surface area contributed by atoms with E-state index in [0.29, 0.717) is 5.69 Å². The van der Waals surface area contributed by atoms with Gasteiger partial charge in [-0.15, -0.1) is 0 Å². The molecule has 21 heavy (non-hydrogen) atoms. The third-order valence-corrected chi connectivity index (χ3v) is 4.04. The van der Waals surface area contributed by atoms with Crippen LogP contribution in [0.15, 0.2) is 24.4 Å². The summed E-state index contributed by atoms with van der Waals surface area (Å²) in [6.07, 6.45) is 1.31. The van der Waals surface area contributed by atoms with Gasteiger partial charge in [-0.25, -0.2) is 13.1 Å². The summed E-state index contributed by atoms with van der Waals surface area (Å²) >= 11 is 0. The number of pyridine rings is 1. The summed E-state index contributed by atoms with van der Waals surface area (Å²) in [6.45, 7) is 0. The van der Waals surface area contributed by atoms with Gasteiger partial charge in [0.15, 0.2) is 0 Å². The predicted molar refractivity (Wildman–Crippen MR) is 74.7 cm³/mol. The summed E-state index contributed by atoms with van der Waals surface area (Å²) in [6, 6.07) is 3.75. The zero-order valence-corrected chi connectivity index (χ0v) is 12.0. The van der Waals surface area contributed by atoms with Crippen LogP contribution in [0, 0.1) is 0 Å². The number of carboxylic acid groups (broad SMARTS) is 1. The van der Waals surface area contributed by atoms with E-state index < -0.39 is 27.9 Å². The molecule has 0 saturated carbocycles. The molecule has 8 nitrogen and oxygen atoms in total. The number of nitrogens with zero attached hydrogens (tertiary/aromatic N) is 1. The Hall–Kier alpha value is -2.00. The number of carbonyl (C=O) groups is 2. The van der Waals surface area contributed by atoms with E-state index in [2.05, 4.69) is 9.71 Å². The summed E-state index contributed by atoms with van der Waals surface area (Å²) < 4.78 is 25.7. The lowest BCUT2D eigenvalue weighted by atomic mass is 10.2. The number of aliphatic carboxylic acids is 1. The second-order valence-electron chi connectivity index (χ2n) is 4.40. The quantitative estimate of drug-likeness (QED) is 0.548. The first-order valence-corrected chi connectivity index (χ1v) is 7.86. The Labute approximate surface area is 122 Å². The number of carboxylic acids is 1. The van der Waals surface area contributed by atoms with Crippen LogP contribution in [0.4, 0.5) is 0 Å². The molecule has 116 valence electrons. The number of rotatable bonds is 9. The lowest BCUT2D eigenvalue weighted by molar-refractivity contribution is -0.139. The van der Waals surface area contributed by atoms with E-state index >= 15 is 0 Å². The molecule has 1 heterocycles. The number of nitrogens with two attached hydrogens (primary N) is 1. The SMILES string of the molecule is NC(=O)CC[C@H](NS(=O)(=O)CCc1ccccn1)C(=O)O. The Morgan fingerprint density at radius 1 is 1.38 bits per heavy atom. The first-order chi connectivity index (χ1) is 9.80. The van der Waals surface area contributed by atoms with E-state index in [0.717, 1.165) is 0 Å². The van der Waals surface area contributed by atoms with Gasteiger partial charge in [0.2, 0.25) is 15.9 Å². The molecule has 1 amide bonds. The number of hydrogen-bond donors (Lipinski definition) is 3. The average Bonchev–Trinajstić information content (AvgIpc) is 2.42. The molecule has 0 radical (unpaired) electrons. The van der Waals surface area contributed by atoms with Crippen LogP contribution < -0.4 is 10.5 Å². The molecule has 0 spiro atoms. The molecular formula is C12H17N3O5S. The molecule has 1 rings (SSSR count). The van der Waals surface area contributed by atoms with E-state index in [1.54, 1.807) is 24.4 Å². The summed E-state index contributed by atoms with van der Waals surface area (Å²) in [7, 11) is -3.79. The maximum Gasteiger partial charge on any atom is 0.321 e. The van der Waals surface area contributed by atoms with Crippen LogP contribution in [0.25, 0.3) is 0 Å². The van der Waals surface area contributed by atoms with Crippen molar-refractivity contribution in [2.45, 2.75) is 25.3 Å². The van der Waals surface area contributed by atoms with Gasteiger partial charge in [0.05, 0.1) is 5.75 Å². The highest BCUT2D eigenvalue weighted by molar-refractivity contribution is 7.89. The van der Waals surface area contributed by atoms with Gasteiger partial charge in [-0.2, -0.15) is 0 Å². The van der Waals surface area contributed by atoms with Crippen molar-refractivity contribution in [3.63, 3.8) is 0 Å². The molecule has 1 aromatic rings. The standard InChI is InChI=1S/C12H17N3O5S/c13-11(16)5-4-10(12(17)18)15-21(19,20)8-6-9-3-1-2-7-14-9/h1-3,7,10,15H,4-6,8H2,(H2,13,16)(H,17,18)/t10-/m0/s1. The second kappa shape index (κ2) is 7.70. The van der Waals surface area contributed by atoms with Crippen molar-refractivity contribution in [1.82, 2.24) is 9.71 Å². The van der Waals surface area contributed by atoms with Crippen LogP contribution in [-0.4, -0.2) is 42.2 Å². The van der Waals surface area contributed by atoms with Gasteiger partial charge < -0.3 is 10.8 Å². The minimum absolute atomic E-state index is 0.165. The number of nitrogens with one attached hydrogen (secondary N) is 1. The third kappa shape index (κ3) is 6.82. The van der Waals surface area contributed by atoms with E-state index in [1.807, 2.05) is 0 Å². The summed E-state index contributed by atoms with van der Waals surface area (Å²) in [5, 5.41) is 8.94. The maximum absolute atomic E-state index is 11.8. The van der Waals surface area contributed by atoms with Crippen molar-refractivity contribution < 1.29 is 23.1 Å². The number of sulfonamides is 1. The topological polar surface area (TPSA) is 139 Å². The zero-order chi connectivity index (χ0) is 15.9. The van der Waals surface area contributed by atoms with Crippen molar-refractivity contribution in [3.05, 3.63) is 30.1 Å². The molecular weight excluding hydrogens is 298 g/mol. The van der Waals surface area contributed by atoms with Crippen molar-refractivity contribution in [3.8, 4) is 0 Å². The van der Waals surface area contributed by atoms with Gasteiger partial charge in [0.1, 0.15) is 6.04 Å². The Morgan fingerprint density at radius 3 is 2.62 bits per heavy atom. The molecule has 0 aliphatic carbocycles. The van der Waals surface area contributed by atoms with Gasteiger partial charge in [-0.05, 0) is 18.6 Å². The van der Waals surface area contributed by atoms with Crippen LogP contribution in [0.1, 0.15) is 18.5 Å². The number of carbonyl (C=O) groups excluding carboxylic acids is 1. The Morgan fingerprint density at radius 2 is 2.10 bits per heavy atom. The number of aromatic nitrogens is 1. The summed E-state index contributed by atoms with van der Waals surface area (Å²) in [4.78, 5) is 25.6. The first kappa shape index (κ1) is 17.1. The highest BCUT2D eigenvalue weighted by Crippen LogP contribution is 2.03. The van der Waals surface area contributed by atoms with E-state index in [9.17, 15) is 18.0 Å². The molecule has 0 saturated heterocycles. The van der Waals surface area contributed by atoms with E-state index in [1.165, 1.54) is 0 Å². The van der Waals surface area contributed by atoms with Crippen molar-refractivity contribution >= 4 is 21.9 Å². The normalized spacial score (nSPS) is 12.8. The summed E-state index contributed by atoms with van der Waals surface area (Å²) in [5.74, 6) is -2.32. The number of hydrogen-bond acceptors (Lipinski definition) is 5. The van der Waals surface area contributed by atoms with Gasteiger partial charge in [0, 0.05) is 24.7 Å². The molecule has 4 N–H and O–H groups in total.